The lowest BCUT2D eigenvalue weighted by Gasteiger charge is -2.06. The molecule has 0 spiro atoms. The normalized spacial score (nSPS) is 10.9. The molecule has 1 aromatic rings. The molecule has 0 aliphatic heterocycles. The molecular weight excluding hydrogens is 292 g/mol. The number of rotatable bonds is 13. The van der Waals surface area contributed by atoms with E-state index < -0.39 is 0 Å². The van der Waals surface area contributed by atoms with Gasteiger partial charge in [-0.3, -0.25) is 0 Å². The van der Waals surface area contributed by atoms with E-state index >= 15 is 0 Å². The largest absolute Gasteiger partial charge is 0.387 e. The van der Waals surface area contributed by atoms with Crippen LogP contribution in [-0.4, -0.2) is 59.4 Å². The van der Waals surface area contributed by atoms with Crippen molar-refractivity contribution in [3.8, 4) is 0 Å². The van der Waals surface area contributed by atoms with Gasteiger partial charge in [-0.15, -0.1) is 5.10 Å². The second-order valence-electron chi connectivity index (χ2n) is 4.39. The van der Waals surface area contributed by atoms with Crippen LogP contribution in [0.15, 0.2) is 6.33 Å². The highest BCUT2D eigenvalue weighted by Gasteiger charge is 2.02. The van der Waals surface area contributed by atoms with Crippen LogP contribution in [0, 0.1) is 0 Å². The van der Waals surface area contributed by atoms with Crippen LogP contribution in [0.4, 0.5) is 0 Å². The van der Waals surface area contributed by atoms with Gasteiger partial charge in [0.1, 0.15) is 11.3 Å². The lowest BCUT2D eigenvalue weighted by molar-refractivity contribution is 0.0123. The van der Waals surface area contributed by atoms with Crippen molar-refractivity contribution < 1.29 is 14.2 Å². The fourth-order valence-electron chi connectivity index (χ4n) is 1.46. The summed E-state index contributed by atoms with van der Waals surface area (Å²) in [5, 5.41) is 4.10. The summed E-state index contributed by atoms with van der Waals surface area (Å²) < 4.78 is 17.8. The quantitative estimate of drug-likeness (QED) is 0.425. The van der Waals surface area contributed by atoms with E-state index in [4.69, 9.17) is 32.2 Å². The Hall–Kier alpha value is -1.09. The van der Waals surface area contributed by atoms with Gasteiger partial charge in [0, 0.05) is 6.61 Å². The third kappa shape index (κ3) is 8.71. The zero-order valence-electron chi connectivity index (χ0n) is 12.5. The lowest BCUT2D eigenvalue weighted by atomic mass is 10.4. The molecule has 1 aromatic heterocycles. The molecule has 0 fully saturated rings. The van der Waals surface area contributed by atoms with E-state index in [1.165, 1.54) is 0 Å². The van der Waals surface area contributed by atoms with Gasteiger partial charge in [-0.05, 0) is 6.42 Å². The average molecular weight is 316 g/mol. The van der Waals surface area contributed by atoms with Gasteiger partial charge >= 0.3 is 0 Å². The van der Waals surface area contributed by atoms with E-state index in [0.29, 0.717) is 45.4 Å². The van der Waals surface area contributed by atoms with Crippen molar-refractivity contribution in [3.63, 3.8) is 0 Å². The van der Waals surface area contributed by atoms with E-state index in [2.05, 4.69) is 17.0 Å². The zero-order valence-corrected chi connectivity index (χ0v) is 13.3. The minimum atomic E-state index is 0.198. The molecule has 0 aliphatic rings. The molecule has 0 amide bonds. The van der Waals surface area contributed by atoms with Crippen molar-refractivity contribution in [2.24, 2.45) is 5.73 Å². The molecule has 0 unspecified atom stereocenters. The number of hydrogen-bond donors (Lipinski definition) is 1. The van der Waals surface area contributed by atoms with Gasteiger partial charge in [-0.25, -0.2) is 9.67 Å². The first-order valence-corrected chi connectivity index (χ1v) is 7.57. The van der Waals surface area contributed by atoms with Crippen molar-refractivity contribution in [2.75, 3.05) is 39.6 Å². The first kappa shape index (κ1) is 18.0. The van der Waals surface area contributed by atoms with Crippen LogP contribution in [0.5, 0.6) is 0 Å². The fourth-order valence-corrected chi connectivity index (χ4v) is 1.56. The Morgan fingerprint density at radius 1 is 1.14 bits per heavy atom. The molecule has 0 saturated heterocycles. The van der Waals surface area contributed by atoms with Gasteiger partial charge in [0.25, 0.3) is 0 Å². The maximum absolute atomic E-state index is 5.43. The Labute approximate surface area is 130 Å². The highest BCUT2D eigenvalue weighted by molar-refractivity contribution is 7.80. The van der Waals surface area contributed by atoms with Crippen LogP contribution in [0.1, 0.15) is 25.6 Å². The van der Waals surface area contributed by atoms with Crippen molar-refractivity contribution in [1.29, 1.82) is 0 Å². The summed E-state index contributed by atoms with van der Waals surface area (Å²) in [5.41, 5.74) is 5.42. The van der Waals surface area contributed by atoms with Gasteiger partial charge in [-0.1, -0.05) is 25.6 Å². The second-order valence-corrected chi connectivity index (χ2v) is 4.83. The summed E-state index contributed by atoms with van der Waals surface area (Å²) in [7, 11) is 0. The summed E-state index contributed by atoms with van der Waals surface area (Å²) in [4.78, 5) is 4.18. The molecule has 0 atom stereocenters. The SMILES string of the molecule is CCCCOCCOCCOCCn1cnc(C(N)=S)n1. The number of unbranched alkanes of at least 4 members (excludes halogenated alkanes) is 1. The van der Waals surface area contributed by atoms with Crippen molar-refractivity contribution in [2.45, 2.75) is 26.3 Å². The molecule has 2 N–H and O–H groups in total. The van der Waals surface area contributed by atoms with Crippen molar-refractivity contribution in [1.82, 2.24) is 14.8 Å². The summed E-state index contributed by atoms with van der Waals surface area (Å²) in [6.07, 6.45) is 3.84. The Kier molecular flexibility index (Phi) is 9.88. The molecule has 1 rings (SSSR count). The molecule has 0 aromatic carbocycles. The van der Waals surface area contributed by atoms with Crippen LogP contribution in [0.3, 0.4) is 0 Å². The molecule has 1 heterocycles. The predicted molar refractivity (Wildman–Crippen MR) is 83.3 cm³/mol. The minimum absolute atomic E-state index is 0.198. The summed E-state index contributed by atoms with van der Waals surface area (Å²) in [6.45, 7) is 6.45. The standard InChI is InChI=1S/C13H24N4O3S/c1-2-3-5-18-7-9-20-10-8-19-6-4-17-11-15-13(16-17)12(14)21/h11H,2-10H2,1H3,(H2,14,21). The van der Waals surface area contributed by atoms with Crippen LogP contribution in [-0.2, 0) is 20.8 Å². The van der Waals surface area contributed by atoms with E-state index in [0.717, 1.165) is 19.4 Å². The Bertz CT molecular complexity index is 401. The van der Waals surface area contributed by atoms with Crippen LogP contribution < -0.4 is 5.73 Å². The molecule has 21 heavy (non-hydrogen) atoms. The first-order chi connectivity index (χ1) is 10.2. The molecule has 8 heteroatoms. The smallest absolute Gasteiger partial charge is 0.208 e. The highest BCUT2D eigenvalue weighted by atomic mass is 32.1. The summed E-state index contributed by atoms with van der Waals surface area (Å²) in [5.74, 6) is 0.386. The number of nitrogens with zero attached hydrogens (tertiary/aromatic N) is 3. The van der Waals surface area contributed by atoms with Gasteiger partial charge < -0.3 is 19.9 Å². The van der Waals surface area contributed by atoms with Crippen LogP contribution in [0.2, 0.25) is 0 Å². The summed E-state index contributed by atoms with van der Waals surface area (Å²) >= 11 is 4.78. The topological polar surface area (TPSA) is 84.4 Å². The number of nitrogens with two attached hydrogens (primary N) is 1. The lowest BCUT2D eigenvalue weighted by Crippen LogP contribution is -2.14. The molecule has 0 radical (unpaired) electrons. The highest BCUT2D eigenvalue weighted by Crippen LogP contribution is 1.91. The van der Waals surface area contributed by atoms with E-state index in [9.17, 15) is 0 Å². The Morgan fingerprint density at radius 3 is 2.33 bits per heavy atom. The van der Waals surface area contributed by atoms with Crippen molar-refractivity contribution in [3.05, 3.63) is 12.2 Å². The van der Waals surface area contributed by atoms with Crippen LogP contribution in [0.25, 0.3) is 0 Å². The minimum Gasteiger partial charge on any atom is -0.387 e. The molecular formula is C13H24N4O3S. The third-order valence-electron chi connectivity index (χ3n) is 2.61. The number of aromatic nitrogens is 3. The number of thiocarbonyl (C=S) groups is 1. The predicted octanol–water partition coefficient (Wildman–Crippen LogP) is 0.762. The van der Waals surface area contributed by atoms with Crippen LogP contribution >= 0.6 is 12.2 Å². The van der Waals surface area contributed by atoms with Gasteiger partial charge in [0.05, 0.1) is 39.6 Å². The molecule has 120 valence electrons. The molecule has 0 aliphatic carbocycles. The van der Waals surface area contributed by atoms with Gasteiger partial charge in [-0.2, -0.15) is 0 Å². The molecule has 0 saturated carbocycles. The summed E-state index contributed by atoms with van der Waals surface area (Å²) in [6, 6.07) is 0. The zero-order chi connectivity index (χ0) is 15.3. The third-order valence-corrected chi connectivity index (χ3v) is 2.79. The maximum atomic E-state index is 5.43. The number of ether oxygens (including phenoxy) is 3. The van der Waals surface area contributed by atoms with Gasteiger partial charge in [0.2, 0.25) is 5.82 Å². The molecule has 0 bridgehead atoms. The first-order valence-electron chi connectivity index (χ1n) is 7.16. The van der Waals surface area contributed by atoms with E-state index in [1.54, 1.807) is 11.0 Å². The van der Waals surface area contributed by atoms with E-state index in [1.807, 2.05) is 0 Å². The Morgan fingerprint density at radius 2 is 1.76 bits per heavy atom. The Balaban J connectivity index is 1.89. The monoisotopic (exact) mass is 316 g/mol. The molecule has 7 nitrogen and oxygen atoms in total. The van der Waals surface area contributed by atoms with E-state index in [-0.39, 0.29) is 4.99 Å². The fraction of sp³-hybridized carbons (Fsp3) is 0.769. The maximum Gasteiger partial charge on any atom is 0.208 e. The van der Waals surface area contributed by atoms with Crippen molar-refractivity contribution >= 4 is 17.2 Å². The number of hydrogen-bond acceptors (Lipinski definition) is 6. The van der Waals surface area contributed by atoms with Gasteiger partial charge in [0.15, 0.2) is 0 Å². The average Bonchev–Trinajstić information content (AvgIpc) is 2.94. The second kappa shape index (κ2) is 11.6.